The zero-order chi connectivity index (χ0) is 12.4. The van der Waals surface area contributed by atoms with E-state index in [4.69, 9.17) is 11.6 Å². The van der Waals surface area contributed by atoms with E-state index in [-0.39, 0.29) is 0 Å². The molecule has 0 bridgehead atoms. The van der Waals surface area contributed by atoms with E-state index in [9.17, 15) is 0 Å². The summed E-state index contributed by atoms with van der Waals surface area (Å²) in [6.07, 6.45) is 0. The predicted molar refractivity (Wildman–Crippen MR) is 76.5 cm³/mol. The van der Waals surface area contributed by atoms with Gasteiger partial charge in [0, 0.05) is 16.6 Å². The van der Waals surface area contributed by atoms with Crippen molar-refractivity contribution in [3.8, 4) is 11.4 Å². The van der Waals surface area contributed by atoms with E-state index in [2.05, 4.69) is 53.5 Å². The molecule has 0 saturated heterocycles. The van der Waals surface area contributed by atoms with E-state index in [0.29, 0.717) is 10.4 Å². The Kier molecular flexibility index (Phi) is 4.22. The second-order valence-corrected chi connectivity index (χ2v) is 5.27. The number of hydrogen-bond acceptors (Lipinski definition) is 2. The number of nitrogens with zero attached hydrogens (tertiary/aromatic N) is 3. The molecule has 0 aliphatic heterocycles. The van der Waals surface area contributed by atoms with Gasteiger partial charge in [-0.3, -0.25) is 0 Å². The van der Waals surface area contributed by atoms with Gasteiger partial charge in [0.2, 0.25) is 0 Å². The third-order valence-corrected chi connectivity index (χ3v) is 4.17. The Bertz CT molecular complexity index is 540. The summed E-state index contributed by atoms with van der Waals surface area (Å²) < 4.78 is 2.94. The van der Waals surface area contributed by atoms with Gasteiger partial charge in [0.25, 0.3) is 0 Å². The van der Waals surface area contributed by atoms with Crippen LogP contribution in [-0.2, 0) is 11.9 Å². The summed E-state index contributed by atoms with van der Waals surface area (Å²) in [6.45, 7) is 2.90. The number of aromatic nitrogens is 3. The first-order chi connectivity index (χ1) is 8.17. The molecule has 3 nitrogen and oxygen atoms in total. The van der Waals surface area contributed by atoms with Crippen molar-refractivity contribution in [3.63, 3.8) is 0 Å². The molecule has 17 heavy (non-hydrogen) atoms. The zero-order valence-electron chi connectivity index (χ0n) is 9.12. The van der Waals surface area contributed by atoms with E-state index in [1.807, 2.05) is 18.2 Å². The number of rotatable bonds is 3. The number of benzene rings is 1. The molecule has 0 aliphatic rings. The number of alkyl halides is 1. The summed E-state index contributed by atoms with van der Waals surface area (Å²) in [5.41, 5.74) is 0.972. The third kappa shape index (κ3) is 2.56. The van der Waals surface area contributed by atoms with E-state index in [1.54, 1.807) is 0 Å². The highest BCUT2D eigenvalue weighted by Gasteiger charge is 2.12. The molecular weight excluding hydrogens is 369 g/mol. The molecule has 0 atom stereocenters. The Balaban J connectivity index is 2.52. The van der Waals surface area contributed by atoms with Gasteiger partial charge in [0.15, 0.2) is 5.82 Å². The monoisotopic (exact) mass is 377 g/mol. The van der Waals surface area contributed by atoms with Gasteiger partial charge >= 0.3 is 0 Å². The minimum atomic E-state index is 0.675. The van der Waals surface area contributed by atoms with Crippen molar-refractivity contribution < 1.29 is 0 Å². The van der Waals surface area contributed by atoms with Crippen LogP contribution in [0.5, 0.6) is 0 Å². The maximum Gasteiger partial charge on any atom is 0.164 e. The Labute approximate surface area is 121 Å². The second-order valence-electron chi connectivity index (χ2n) is 3.45. The smallest absolute Gasteiger partial charge is 0.164 e. The summed E-state index contributed by atoms with van der Waals surface area (Å²) in [5.74, 6) is 1.76. The molecular formula is C11H10Br2ClN3. The van der Waals surface area contributed by atoms with Crippen LogP contribution in [0.15, 0.2) is 22.7 Å². The van der Waals surface area contributed by atoms with Crippen molar-refractivity contribution in [3.05, 3.63) is 33.5 Å². The highest BCUT2D eigenvalue weighted by Crippen LogP contribution is 2.28. The Morgan fingerprint density at radius 3 is 2.71 bits per heavy atom. The topological polar surface area (TPSA) is 30.7 Å². The molecule has 1 aromatic carbocycles. The Hall–Kier alpha value is -0.390. The largest absolute Gasteiger partial charge is 0.311 e. The van der Waals surface area contributed by atoms with Crippen LogP contribution in [0.4, 0.5) is 0 Å². The van der Waals surface area contributed by atoms with Crippen molar-refractivity contribution in [1.29, 1.82) is 0 Å². The lowest BCUT2D eigenvalue weighted by molar-refractivity contribution is 0.733. The predicted octanol–water partition coefficient (Wildman–Crippen LogP) is 4.28. The molecule has 1 heterocycles. The molecule has 0 unspecified atom stereocenters. The lowest BCUT2D eigenvalue weighted by Gasteiger charge is -2.06. The highest BCUT2D eigenvalue weighted by molar-refractivity contribution is 9.10. The van der Waals surface area contributed by atoms with Crippen LogP contribution in [0.2, 0.25) is 5.02 Å². The van der Waals surface area contributed by atoms with E-state index < -0.39 is 0 Å². The fourth-order valence-electron chi connectivity index (χ4n) is 1.62. The maximum atomic E-state index is 6.09. The average Bonchev–Trinajstić information content (AvgIpc) is 2.75. The lowest BCUT2D eigenvalue weighted by atomic mass is 10.2. The number of hydrogen-bond donors (Lipinski definition) is 0. The van der Waals surface area contributed by atoms with E-state index in [1.165, 1.54) is 0 Å². The first-order valence-electron chi connectivity index (χ1n) is 5.10. The van der Waals surface area contributed by atoms with Gasteiger partial charge in [0.05, 0.1) is 10.4 Å². The van der Waals surface area contributed by atoms with Gasteiger partial charge in [0.1, 0.15) is 5.82 Å². The van der Waals surface area contributed by atoms with Crippen molar-refractivity contribution >= 4 is 43.5 Å². The van der Waals surface area contributed by atoms with Crippen LogP contribution in [0, 0.1) is 0 Å². The van der Waals surface area contributed by atoms with Crippen LogP contribution in [0.1, 0.15) is 12.7 Å². The maximum absolute atomic E-state index is 6.09. The molecule has 0 N–H and O–H groups in total. The molecule has 0 fully saturated rings. The summed E-state index contributed by atoms with van der Waals surface area (Å²) >= 11 is 12.9. The van der Waals surface area contributed by atoms with Crippen LogP contribution in [-0.4, -0.2) is 14.8 Å². The Morgan fingerprint density at radius 1 is 1.35 bits per heavy atom. The summed E-state index contributed by atoms with van der Waals surface area (Å²) in [7, 11) is 0. The average molecular weight is 379 g/mol. The molecule has 6 heteroatoms. The second kappa shape index (κ2) is 5.50. The summed E-state index contributed by atoms with van der Waals surface area (Å²) in [5, 5.41) is 9.72. The quantitative estimate of drug-likeness (QED) is 0.746. The third-order valence-electron chi connectivity index (χ3n) is 2.44. The molecule has 2 aromatic rings. The fraction of sp³-hybridized carbons (Fsp3) is 0.273. The van der Waals surface area contributed by atoms with Gasteiger partial charge in [-0.1, -0.05) is 27.5 Å². The Morgan fingerprint density at radius 2 is 2.12 bits per heavy atom. The van der Waals surface area contributed by atoms with Gasteiger partial charge < -0.3 is 4.57 Å². The minimum Gasteiger partial charge on any atom is -0.311 e. The van der Waals surface area contributed by atoms with Gasteiger partial charge in [-0.05, 0) is 41.1 Å². The lowest BCUT2D eigenvalue weighted by Crippen LogP contribution is -2.01. The standard InChI is InChI=1S/C11H10Br2ClN3/c1-2-17-10(6-12)15-16-11(17)7-3-4-8(13)9(14)5-7/h3-5H,2,6H2,1H3. The summed E-state index contributed by atoms with van der Waals surface area (Å²) in [4.78, 5) is 0. The van der Waals surface area contributed by atoms with Gasteiger partial charge in [-0.2, -0.15) is 0 Å². The van der Waals surface area contributed by atoms with E-state index >= 15 is 0 Å². The minimum absolute atomic E-state index is 0.675. The van der Waals surface area contributed by atoms with Crippen molar-refractivity contribution in [2.75, 3.05) is 0 Å². The zero-order valence-corrected chi connectivity index (χ0v) is 13.0. The molecule has 90 valence electrons. The van der Waals surface area contributed by atoms with E-state index in [0.717, 1.165) is 28.2 Å². The van der Waals surface area contributed by atoms with Crippen LogP contribution < -0.4 is 0 Å². The first-order valence-corrected chi connectivity index (χ1v) is 7.40. The summed E-state index contributed by atoms with van der Waals surface area (Å²) in [6, 6.07) is 5.78. The molecule has 0 amide bonds. The van der Waals surface area contributed by atoms with Crippen molar-refractivity contribution in [2.24, 2.45) is 0 Å². The van der Waals surface area contributed by atoms with Crippen LogP contribution >= 0.6 is 43.5 Å². The molecule has 0 saturated carbocycles. The molecule has 1 aromatic heterocycles. The first kappa shape index (κ1) is 13.1. The van der Waals surface area contributed by atoms with Crippen molar-refractivity contribution in [2.45, 2.75) is 18.8 Å². The van der Waals surface area contributed by atoms with Crippen molar-refractivity contribution in [1.82, 2.24) is 14.8 Å². The SMILES string of the molecule is CCn1c(CBr)nnc1-c1ccc(Br)c(Cl)c1. The molecule has 0 aliphatic carbocycles. The molecule has 2 rings (SSSR count). The number of halogens is 3. The molecule has 0 spiro atoms. The van der Waals surface area contributed by atoms with Crippen LogP contribution in [0.25, 0.3) is 11.4 Å². The van der Waals surface area contributed by atoms with Gasteiger partial charge in [-0.15, -0.1) is 10.2 Å². The van der Waals surface area contributed by atoms with Crippen LogP contribution in [0.3, 0.4) is 0 Å². The van der Waals surface area contributed by atoms with Gasteiger partial charge in [-0.25, -0.2) is 0 Å². The highest BCUT2D eigenvalue weighted by atomic mass is 79.9. The molecule has 0 radical (unpaired) electrons. The normalized spacial score (nSPS) is 10.8. The fourth-order valence-corrected chi connectivity index (χ4v) is 2.46.